The Hall–Kier alpha value is -2.04. The molecule has 0 aromatic heterocycles. The molecule has 0 bridgehead atoms. The Morgan fingerprint density at radius 2 is 1.74 bits per heavy atom. The smallest absolute Gasteiger partial charge is 0.320 e. The summed E-state index contributed by atoms with van der Waals surface area (Å²) in [6.45, 7) is 9.89. The minimum absolute atomic E-state index is 0.0788. The van der Waals surface area contributed by atoms with Crippen molar-refractivity contribution in [2.75, 3.05) is 19.6 Å². The van der Waals surface area contributed by atoms with Crippen molar-refractivity contribution in [2.45, 2.75) is 39.7 Å². The lowest BCUT2D eigenvalue weighted by atomic mass is 9.87. The second-order valence-electron chi connectivity index (χ2n) is 7.18. The van der Waals surface area contributed by atoms with Crippen LogP contribution in [0.1, 0.15) is 38.8 Å². The van der Waals surface area contributed by atoms with Crippen LogP contribution in [-0.2, 0) is 16.8 Å². The van der Waals surface area contributed by atoms with Gasteiger partial charge in [0.2, 0.25) is 0 Å². The van der Waals surface area contributed by atoms with Gasteiger partial charge in [0.05, 0.1) is 5.92 Å². The summed E-state index contributed by atoms with van der Waals surface area (Å²) in [7, 11) is 0. The van der Waals surface area contributed by atoms with E-state index in [2.05, 4.69) is 32.9 Å². The van der Waals surface area contributed by atoms with Gasteiger partial charge in [0, 0.05) is 26.2 Å². The van der Waals surface area contributed by atoms with Gasteiger partial charge in [-0.3, -0.25) is 4.79 Å². The number of hydrogen-bond donors (Lipinski definition) is 1. The monoisotopic (exact) mass is 318 g/mol. The zero-order valence-corrected chi connectivity index (χ0v) is 14.4. The number of carboxylic acid groups (broad SMARTS) is 1. The first-order chi connectivity index (χ1) is 10.7. The summed E-state index contributed by atoms with van der Waals surface area (Å²) >= 11 is 0. The van der Waals surface area contributed by atoms with Crippen LogP contribution in [0.15, 0.2) is 24.3 Å². The van der Waals surface area contributed by atoms with Gasteiger partial charge in [-0.1, -0.05) is 45.0 Å². The number of carboxylic acids is 1. The first-order valence-electron chi connectivity index (χ1n) is 8.08. The number of urea groups is 1. The topological polar surface area (TPSA) is 60.9 Å². The van der Waals surface area contributed by atoms with Crippen LogP contribution < -0.4 is 0 Å². The lowest BCUT2D eigenvalue weighted by Gasteiger charge is -2.38. The molecule has 1 aliphatic heterocycles. The van der Waals surface area contributed by atoms with Gasteiger partial charge in [-0.15, -0.1) is 0 Å². The van der Waals surface area contributed by atoms with Gasteiger partial charge in [0.15, 0.2) is 0 Å². The fourth-order valence-corrected chi connectivity index (χ4v) is 2.83. The first-order valence-corrected chi connectivity index (χ1v) is 8.08. The highest BCUT2D eigenvalue weighted by Gasteiger charge is 2.34. The first kappa shape index (κ1) is 17.3. The van der Waals surface area contributed by atoms with E-state index in [1.54, 1.807) is 9.80 Å². The molecule has 1 atom stereocenters. The molecule has 1 heterocycles. The Balaban J connectivity index is 2.13. The van der Waals surface area contributed by atoms with Crippen LogP contribution in [0.4, 0.5) is 4.79 Å². The Labute approximate surface area is 137 Å². The molecule has 1 N–H and O–H groups in total. The predicted octanol–water partition coefficient (Wildman–Crippen LogP) is 2.94. The normalized spacial score (nSPS) is 19.1. The quantitative estimate of drug-likeness (QED) is 0.928. The van der Waals surface area contributed by atoms with Crippen LogP contribution in [-0.4, -0.2) is 46.5 Å². The molecule has 1 aliphatic rings. The maximum atomic E-state index is 12.4. The van der Waals surface area contributed by atoms with E-state index in [4.69, 9.17) is 0 Å². The number of benzene rings is 1. The number of aliphatic carboxylic acids is 1. The second kappa shape index (κ2) is 6.60. The van der Waals surface area contributed by atoms with E-state index in [0.717, 1.165) is 5.56 Å². The molecule has 0 saturated carbocycles. The number of rotatable bonds is 4. The number of carbonyl (C=O) groups excluding carboxylic acids is 1. The van der Waals surface area contributed by atoms with Crippen molar-refractivity contribution >= 4 is 12.0 Å². The van der Waals surface area contributed by atoms with Gasteiger partial charge in [0.1, 0.15) is 0 Å². The molecule has 2 amide bonds. The fraction of sp³-hybridized carbons (Fsp3) is 0.556. The minimum Gasteiger partial charge on any atom is -0.481 e. The number of nitrogens with zero attached hydrogens (tertiary/aromatic N) is 2. The number of amides is 2. The van der Waals surface area contributed by atoms with Gasteiger partial charge in [-0.05, 0) is 23.5 Å². The Morgan fingerprint density at radius 3 is 2.22 bits per heavy atom. The largest absolute Gasteiger partial charge is 0.481 e. The van der Waals surface area contributed by atoms with Crippen molar-refractivity contribution in [1.29, 1.82) is 0 Å². The molecule has 5 nitrogen and oxygen atoms in total. The Bertz CT molecular complexity index is 575. The Kier molecular flexibility index (Phi) is 4.97. The fourth-order valence-electron chi connectivity index (χ4n) is 2.83. The summed E-state index contributed by atoms with van der Waals surface area (Å²) in [6.07, 6.45) is 0. The van der Waals surface area contributed by atoms with Crippen LogP contribution >= 0.6 is 0 Å². The molecule has 5 heteroatoms. The molecule has 1 fully saturated rings. The van der Waals surface area contributed by atoms with Crippen molar-refractivity contribution < 1.29 is 14.7 Å². The third kappa shape index (κ3) is 4.03. The molecule has 1 saturated heterocycles. The van der Waals surface area contributed by atoms with E-state index in [1.165, 1.54) is 5.56 Å². The summed E-state index contributed by atoms with van der Waals surface area (Å²) in [6, 6.07) is 8.12. The standard InChI is InChI=1S/C18H26N2O3/c1-5-19-11-14(16(21)22)12-20(17(19)23)10-13-6-8-15(9-7-13)18(2,3)4/h6-9,14H,5,10-12H2,1-4H3,(H,21,22). The van der Waals surface area contributed by atoms with E-state index < -0.39 is 11.9 Å². The van der Waals surface area contributed by atoms with Crippen molar-refractivity contribution in [3.63, 3.8) is 0 Å². The highest BCUT2D eigenvalue weighted by atomic mass is 16.4. The number of carbonyl (C=O) groups is 2. The van der Waals surface area contributed by atoms with E-state index in [9.17, 15) is 14.7 Å². The molecule has 1 aromatic rings. The van der Waals surface area contributed by atoms with Gasteiger partial charge in [-0.25, -0.2) is 4.79 Å². The van der Waals surface area contributed by atoms with Gasteiger partial charge in [-0.2, -0.15) is 0 Å². The summed E-state index contributed by atoms with van der Waals surface area (Å²) in [5.41, 5.74) is 2.35. The minimum atomic E-state index is -0.843. The molecule has 1 unspecified atom stereocenters. The van der Waals surface area contributed by atoms with Crippen molar-refractivity contribution in [2.24, 2.45) is 5.92 Å². The SMILES string of the molecule is CCN1CC(C(=O)O)CN(Cc2ccc(C(C)(C)C)cc2)C1=O. The summed E-state index contributed by atoms with van der Waals surface area (Å²) in [5, 5.41) is 9.28. The maximum absolute atomic E-state index is 12.4. The molecule has 126 valence electrons. The van der Waals surface area contributed by atoms with Gasteiger partial charge < -0.3 is 14.9 Å². The average Bonchev–Trinajstić information content (AvgIpc) is 2.48. The van der Waals surface area contributed by atoms with Crippen molar-refractivity contribution in [3.05, 3.63) is 35.4 Å². The second-order valence-corrected chi connectivity index (χ2v) is 7.18. The maximum Gasteiger partial charge on any atom is 0.320 e. The van der Waals surface area contributed by atoms with Crippen LogP contribution in [0.3, 0.4) is 0 Å². The van der Waals surface area contributed by atoms with Crippen molar-refractivity contribution in [3.8, 4) is 0 Å². The van der Waals surface area contributed by atoms with Crippen LogP contribution in [0.25, 0.3) is 0 Å². The third-order valence-corrected chi connectivity index (χ3v) is 4.35. The van der Waals surface area contributed by atoms with Crippen LogP contribution in [0, 0.1) is 5.92 Å². The highest BCUT2D eigenvalue weighted by Crippen LogP contribution is 2.23. The van der Waals surface area contributed by atoms with Gasteiger partial charge >= 0.3 is 12.0 Å². The zero-order valence-electron chi connectivity index (χ0n) is 14.4. The lowest BCUT2D eigenvalue weighted by molar-refractivity contribution is -0.143. The zero-order chi connectivity index (χ0) is 17.2. The molecular weight excluding hydrogens is 292 g/mol. The molecule has 1 aromatic carbocycles. The number of hydrogen-bond acceptors (Lipinski definition) is 2. The third-order valence-electron chi connectivity index (χ3n) is 4.35. The van der Waals surface area contributed by atoms with E-state index in [-0.39, 0.29) is 18.0 Å². The van der Waals surface area contributed by atoms with E-state index in [1.807, 2.05) is 19.1 Å². The summed E-state index contributed by atoms with van der Waals surface area (Å²) in [4.78, 5) is 27.0. The molecule has 0 aliphatic carbocycles. The van der Waals surface area contributed by atoms with Crippen molar-refractivity contribution in [1.82, 2.24) is 9.80 Å². The van der Waals surface area contributed by atoms with Gasteiger partial charge in [0.25, 0.3) is 0 Å². The molecule has 0 spiro atoms. The molecular formula is C18H26N2O3. The molecule has 23 heavy (non-hydrogen) atoms. The lowest BCUT2D eigenvalue weighted by Crippen LogP contribution is -2.54. The highest BCUT2D eigenvalue weighted by molar-refractivity contribution is 5.79. The van der Waals surface area contributed by atoms with E-state index in [0.29, 0.717) is 19.6 Å². The predicted molar refractivity (Wildman–Crippen MR) is 89.3 cm³/mol. The Morgan fingerprint density at radius 1 is 1.17 bits per heavy atom. The van der Waals surface area contributed by atoms with E-state index >= 15 is 0 Å². The van der Waals surface area contributed by atoms with Crippen LogP contribution in [0.2, 0.25) is 0 Å². The summed E-state index contributed by atoms with van der Waals surface area (Å²) < 4.78 is 0. The summed E-state index contributed by atoms with van der Waals surface area (Å²) in [5.74, 6) is -1.37. The average molecular weight is 318 g/mol. The van der Waals surface area contributed by atoms with Crippen LogP contribution in [0.5, 0.6) is 0 Å². The molecule has 0 radical (unpaired) electrons. The molecule has 2 rings (SSSR count).